The molecule has 16 heavy (non-hydrogen) atoms. The van der Waals surface area contributed by atoms with Crippen LogP contribution in [0.25, 0.3) is 0 Å². The standard InChI is InChI=1S/C13H16O3/c14-13(15)12(10-6-4-5-7-10)16-11-8-2-1-3-9-11/h1-3,8-10,12H,4-7H2,(H,14,15)/t12-/m1/s1. The molecule has 0 aromatic heterocycles. The number of hydrogen-bond acceptors (Lipinski definition) is 2. The van der Waals surface area contributed by atoms with E-state index in [1.165, 1.54) is 0 Å². The first kappa shape index (κ1) is 11.0. The first-order valence-corrected chi connectivity index (χ1v) is 5.72. The van der Waals surface area contributed by atoms with Crippen LogP contribution in [0.3, 0.4) is 0 Å². The molecule has 0 unspecified atom stereocenters. The summed E-state index contributed by atoms with van der Waals surface area (Å²) < 4.78 is 5.56. The van der Waals surface area contributed by atoms with E-state index >= 15 is 0 Å². The predicted molar refractivity (Wildman–Crippen MR) is 60.5 cm³/mol. The molecule has 0 heterocycles. The lowest BCUT2D eigenvalue weighted by Gasteiger charge is -2.20. The number of aliphatic carboxylic acids is 1. The van der Waals surface area contributed by atoms with E-state index in [-0.39, 0.29) is 5.92 Å². The molecule has 1 saturated carbocycles. The van der Waals surface area contributed by atoms with Crippen molar-refractivity contribution >= 4 is 5.97 Å². The zero-order valence-electron chi connectivity index (χ0n) is 9.13. The van der Waals surface area contributed by atoms with Gasteiger partial charge in [-0.15, -0.1) is 0 Å². The summed E-state index contributed by atoms with van der Waals surface area (Å²) in [6, 6.07) is 9.18. The molecule has 1 aliphatic carbocycles. The summed E-state index contributed by atoms with van der Waals surface area (Å²) in [5.74, 6) is -0.0461. The molecule has 1 aromatic rings. The second kappa shape index (κ2) is 5.01. The Labute approximate surface area is 95.0 Å². The molecule has 1 atom stereocenters. The quantitative estimate of drug-likeness (QED) is 0.848. The van der Waals surface area contributed by atoms with Crippen molar-refractivity contribution in [3.8, 4) is 5.75 Å². The highest BCUT2D eigenvalue weighted by Gasteiger charge is 2.32. The lowest BCUT2D eigenvalue weighted by Crippen LogP contribution is -2.33. The van der Waals surface area contributed by atoms with Gasteiger partial charge in [0.15, 0.2) is 6.10 Å². The predicted octanol–water partition coefficient (Wildman–Crippen LogP) is 2.71. The number of carboxylic acids is 1. The Hall–Kier alpha value is -1.51. The maximum Gasteiger partial charge on any atom is 0.345 e. The minimum absolute atomic E-state index is 0.165. The topological polar surface area (TPSA) is 46.5 Å². The first-order chi connectivity index (χ1) is 7.77. The minimum atomic E-state index is -0.851. The van der Waals surface area contributed by atoms with Crippen molar-refractivity contribution in [3.05, 3.63) is 30.3 Å². The molecule has 1 aliphatic rings. The van der Waals surface area contributed by atoms with E-state index in [4.69, 9.17) is 9.84 Å². The summed E-state index contributed by atoms with van der Waals surface area (Å²) >= 11 is 0. The van der Waals surface area contributed by atoms with Gasteiger partial charge in [-0.25, -0.2) is 4.79 Å². The lowest BCUT2D eigenvalue weighted by molar-refractivity contribution is -0.147. The van der Waals surface area contributed by atoms with Gasteiger partial charge in [-0.05, 0) is 25.0 Å². The fourth-order valence-electron chi connectivity index (χ4n) is 2.25. The Morgan fingerprint density at radius 1 is 1.25 bits per heavy atom. The smallest absolute Gasteiger partial charge is 0.345 e. The molecular formula is C13H16O3. The van der Waals surface area contributed by atoms with Gasteiger partial charge >= 0.3 is 5.97 Å². The monoisotopic (exact) mass is 220 g/mol. The van der Waals surface area contributed by atoms with E-state index in [1.807, 2.05) is 18.2 Å². The van der Waals surface area contributed by atoms with Crippen molar-refractivity contribution in [2.24, 2.45) is 5.92 Å². The third kappa shape index (κ3) is 2.54. The number of hydrogen-bond donors (Lipinski definition) is 1. The number of rotatable bonds is 4. The van der Waals surface area contributed by atoms with Gasteiger partial charge in [0.05, 0.1) is 0 Å². The van der Waals surface area contributed by atoms with E-state index in [2.05, 4.69) is 0 Å². The van der Waals surface area contributed by atoms with Crippen molar-refractivity contribution in [1.29, 1.82) is 0 Å². The molecule has 0 saturated heterocycles. The fraction of sp³-hybridized carbons (Fsp3) is 0.462. The van der Waals surface area contributed by atoms with Crippen LogP contribution in [0.2, 0.25) is 0 Å². The van der Waals surface area contributed by atoms with Crippen LogP contribution in [0, 0.1) is 5.92 Å². The summed E-state index contributed by atoms with van der Waals surface area (Å²) in [4.78, 5) is 11.2. The molecular weight excluding hydrogens is 204 g/mol. The SMILES string of the molecule is O=C(O)[C@H](Oc1ccccc1)C1CCCC1. The molecule has 0 aliphatic heterocycles. The fourth-order valence-corrected chi connectivity index (χ4v) is 2.25. The summed E-state index contributed by atoms with van der Waals surface area (Å²) in [6.07, 6.45) is 3.47. The Balaban J connectivity index is 2.05. The summed E-state index contributed by atoms with van der Waals surface area (Å²) in [6.45, 7) is 0. The molecule has 1 N–H and O–H groups in total. The highest BCUT2D eigenvalue weighted by Crippen LogP contribution is 2.30. The van der Waals surface area contributed by atoms with Crippen molar-refractivity contribution in [3.63, 3.8) is 0 Å². The van der Waals surface area contributed by atoms with Crippen LogP contribution in [0.1, 0.15) is 25.7 Å². The highest BCUT2D eigenvalue weighted by molar-refractivity contribution is 5.73. The van der Waals surface area contributed by atoms with Crippen LogP contribution >= 0.6 is 0 Å². The zero-order valence-corrected chi connectivity index (χ0v) is 9.13. The van der Waals surface area contributed by atoms with Crippen molar-refractivity contribution in [2.45, 2.75) is 31.8 Å². The maximum absolute atomic E-state index is 11.2. The molecule has 2 rings (SSSR count). The Bertz CT molecular complexity index is 341. The molecule has 0 radical (unpaired) electrons. The van der Waals surface area contributed by atoms with E-state index < -0.39 is 12.1 Å². The number of ether oxygens (including phenoxy) is 1. The molecule has 1 fully saturated rings. The summed E-state index contributed by atoms with van der Waals surface area (Å²) in [5, 5.41) is 9.17. The van der Waals surface area contributed by atoms with Gasteiger partial charge in [-0.2, -0.15) is 0 Å². The van der Waals surface area contributed by atoms with Crippen LogP contribution in [-0.2, 0) is 4.79 Å². The second-order valence-corrected chi connectivity index (χ2v) is 4.23. The van der Waals surface area contributed by atoms with Crippen LogP contribution in [-0.4, -0.2) is 17.2 Å². The van der Waals surface area contributed by atoms with Crippen molar-refractivity contribution < 1.29 is 14.6 Å². The molecule has 0 amide bonds. The number of benzene rings is 1. The van der Waals surface area contributed by atoms with E-state index in [0.717, 1.165) is 25.7 Å². The van der Waals surface area contributed by atoms with Crippen molar-refractivity contribution in [2.75, 3.05) is 0 Å². The van der Waals surface area contributed by atoms with E-state index in [9.17, 15) is 4.79 Å². The Morgan fingerprint density at radius 2 is 1.88 bits per heavy atom. The molecule has 86 valence electrons. The number of para-hydroxylation sites is 1. The van der Waals surface area contributed by atoms with Gasteiger partial charge < -0.3 is 9.84 Å². The van der Waals surface area contributed by atoms with Gasteiger partial charge in [0.25, 0.3) is 0 Å². The third-order valence-electron chi connectivity index (χ3n) is 3.08. The number of carbonyl (C=O) groups is 1. The molecule has 3 nitrogen and oxygen atoms in total. The molecule has 1 aromatic carbocycles. The van der Waals surface area contributed by atoms with Gasteiger partial charge in [0, 0.05) is 5.92 Å². The maximum atomic E-state index is 11.2. The Kier molecular flexibility index (Phi) is 3.44. The third-order valence-corrected chi connectivity index (χ3v) is 3.08. The second-order valence-electron chi connectivity index (χ2n) is 4.23. The van der Waals surface area contributed by atoms with E-state index in [0.29, 0.717) is 5.75 Å². The van der Waals surface area contributed by atoms with Gasteiger partial charge in [-0.1, -0.05) is 31.0 Å². The van der Waals surface area contributed by atoms with Crippen LogP contribution in [0.5, 0.6) is 5.75 Å². The Morgan fingerprint density at radius 3 is 2.44 bits per heavy atom. The van der Waals surface area contributed by atoms with Crippen LogP contribution < -0.4 is 4.74 Å². The van der Waals surface area contributed by atoms with Gasteiger partial charge in [0.1, 0.15) is 5.75 Å². The summed E-state index contributed by atoms with van der Waals surface area (Å²) in [5.41, 5.74) is 0. The molecule has 0 bridgehead atoms. The van der Waals surface area contributed by atoms with Crippen LogP contribution in [0.15, 0.2) is 30.3 Å². The zero-order chi connectivity index (χ0) is 11.4. The van der Waals surface area contributed by atoms with Crippen LogP contribution in [0.4, 0.5) is 0 Å². The molecule has 3 heteroatoms. The normalized spacial score (nSPS) is 18.2. The molecule has 0 spiro atoms. The average molecular weight is 220 g/mol. The number of carboxylic acid groups (broad SMARTS) is 1. The largest absolute Gasteiger partial charge is 0.478 e. The highest BCUT2D eigenvalue weighted by atomic mass is 16.5. The average Bonchev–Trinajstić information content (AvgIpc) is 2.80. The van der Waals surface area contributed by atoms with Gasteiger partial charge in [0.2, 0.25) is 0 Å². The lowest BCUT2D eigenvalue weighted by atomic mass is 10.0. The summed E-state index contributed by atoms with van der Waals surface area (Å²) in [7, 11) is 0. The van der Waals surface area contributed by atoms with Gasteiger partial charge in [-0.3, -0.25) is 0 Å². The van der Waals surface area contributed by atoms with Crippen molar-refractivity contribution in [1.82, 2.24) is 0 Å². The van der Waals surface area contributed by atoms with E-state index in [1.54, 1.807) is 12.1 Å². The minimum Gasteiger partial charge on any atom is -0.478 e. The first-order valence-electron chi connectivity index (χ1n) is 5.72.